The number of nitrogens with zero attached hydrogens (tertiary/aromatic N) is 1. The molecule has 436 valence electrons. The molecular formula is C50H61ClCs2F6N2O17S2. The molecule has 0 radical (unpaired) electrons. The maximum atomic E-state index is 13.7. The fourth-order valence-electron chi connectivity index (χ4n) is 5.18. The molecule has 0 saturated carbocycles. The second-order valence-electron chi connectivity index (χ2n) is 18.9. The zero-order chi connectivity index (χ0) is 59.7. The van der Waals surface area contributed by atoms with Gasteiger partial charge in [0.25, 0.3) is 26.5 Å². The van der Waals surface area contributed by atoms with Gasteiger partial charge in [0.15, 0.2) is 12.8 Å². The summed E-state index contributed by atoms with van der Waals surface area (Å²) in [5, 5.41) is 17.3. The van der Waals surface area contributed by atoms with E-state index in [1.165, 1.54) is 58.9 Å². The van der Waals surface area contributed by atoms with E-state index in [4.69, 9.17) is 41.0 Å². The Labute approximate surface area is 584 Å². The number of sulfonamides is 2. The Morgan fingerprint density at radius 2 is 1.07 bits per heavy atom. The molecule has 4 rings (SSSR count). The largest absolute Gasteiger partial charge is 1.00 e. The molecule has 0 spiro atoms. The number of hydrogen-bond acceptors (Lipinski definition) is 16. The number of hydrogen-bond donors (Lipinski definition) is 2. The van der Waals surface area contributed by atoms with Crippen LogP contribution in [0.4, 0.5) is 37.7 Å². The van der Waals surface area contributed by atoms with Crippen molar-refractivity contribution in [1.82, 2.24) is 0 Å². The molecule has 0 bridgehead atoms. The van der Waals surface area contributed by atoms with Gasteiger partial charge in [-0.2, -0.15) is 26.3 Å². The number of halogens is 7. The van der Waals surface area contributed by atoms with Crippen molar-refractivity contribution in [3.63, 3.8) is 0 Å². The van der Waals surface area contributed by atoms with Gasteiger partial charge in [0.1, 0.15) is 0 Å². The van der Waals surface area contributed by atoms with Gasteiger partial charge in [0, 0.05) is 0 Å². The summed E-state index contributed by atoms with van der Waals surface area (Å²) in [7, 11) is -8.93. The van der Waals surface area contributed by atoms with Gasteiger partial charge >= 0.3 is 180 Å². The number of anilines is 2. The number of rotatable bonds is 14. The van der Waals surface area contributed by atoms with Gasteiger partial charge in [-0.25, -0.2) is 30.7 Å². The fourth-order valence-corrected chi connectivity index (χ4v) is 7.87. The normalized spacial score (nSPS) is 11.3. The maximum absolute atomic E-state index is 13.7. The number of benzene rings is 4. The number of ether oxygens (including phenoxy) is 4. The molecular weight excluding hydrogens is 1380 g/mol. The van der Waals surface area contributed by atoms with Gasteiger partial charge in [-0.1, -0.05) is 43.3 Å². The molecule has 0 aliphatic rings. The molecule has 0 heterocycles. The average Bonchev–Trinajstić information content (AvgIpc) is 3.31. The minimum absolute atomic E-state index is 0. The van der Waals surface area contributed by atoms with Crippen LogP contribution in [0, 0.1) is 30.1 Å². The van der Waals surface area contributed by atoms with Crippen molar-refractivity contribution in [3.8, 4) is 0 Å². The van der Waals surface area contributed by atoms with E-state index in [1.807, 2.05) is 0 Å². The van der Waals surface area contributed by atoms with Gasteiger partial charge < -0.3 is 35.6 Å². The standard InChI is InChI=1S/C27H32F3NO8S.C15H12F3NO4S.C6H11ClO2.CH2O3.CH4.2Cs.H/c1-17-11-12-19(27(28,29)30)14-21(17)31(15-37-23(33)25(2,3)4)40(35,36)20-10-8-9-18(13-20)22(32)38-16-39-24(34)26(5,6)7;1-9-5-6-11(15(16,17)18)8-13(9)19-24(22,23)12-4-2-3-10(7-12)14(20)21;1-6(2,3)5(8)9-4-7;2-1-4-3;;;;/h8-14H,15-16H2,1-7H3;2-8,19H,1H3,(H,20,21);4H2,1-3H3;1,3H;1H4;;;/q;;;;;2*+1;-1/p-1. The molecule has 19 nitrogen and oxygen atoms in total. The van der Waals surface area contributed by atoms with Crippen LogP contribution < -0.4 is 152 Å². The fraction of sp³-hybridized carbons (Fsp3) is 0.400. The van der Waals surface area contributed by atoms with E-state index in [9.17, 15) is 67.2 Å². The predicted octanol–water partition coefficient (Wildman–Crippen LogP) is 3.94. The first-order valence-corrected chi connectivity index (χ1v) is 25.3. The van der Waals surface area contributed by atoms with E-state index in [-0.39, 0.29) is 198 Å². The first kappa shape index (κ1) is 81.4. The molecule has 30 heteroatoms. The van der Waals surface area contributed by atoms with Crippen LogP contribution >= 0.6 is 11.6 Å². The van der Waals surface area contributed by atoms with Gasteiger partial charge in [-0.3, -0.25) is 23.9 Å². The summed E-state index contributed by atoms with van der Waals surface area (Å²) in [6.45, 7) is 15.7. The molecule has 0 unspecified atom stereocenters. The maximum Gasteiger partial charge on any atom is 1.00 e. The van der Waals surface area contributed by atoms with E-state index in [2.05, 4.69) is 14.3 Å². The topological polar surface area (TPSA) is 275 Å². The molecule has 4 aromatic rings. The Bertz CT molecular complexity index is 2970. The summed E-state index contributed by atoms with van der Waals surface area (Å²) in [5.74, 6) is -4.02. The van der Waals surface area contributed by atoms with Gasteiger partial charge in [-0.15, -0.1) is 0 Å². The molecule has 0 aromatic heterocycles. The number of carboxylic acids is 1. The van der Waals surface area contributed by atoms with E-state index in [0.717, 1.165) is 48.5 Å². The van der Waals surface area contributed by atoms with E-state index in [1.54, 1.807) is 41.5 Å². The average molecular weight is 1440 g/mol. The van der Waals surface area contributed by atoms with E-state index < -0.39 is 102 Å². The molecule has 4 aromatic carbocycles. The smallest absolute Gasteiger partial charge is 1.00 e. The minimum atomic E-state index is -4.78. The summed E-state index contributed by atoms with van der Waals surface area (Å²) < 4.78 is 153. The third-order valence-electron chi connectivity index (χ3n) is 9.42. The number of carbonyl (C=O) groups excluding carboxylic acids is 5. The molecule has 0 atom stereocenters. The van der Waals surface area contributed by atoms with Crippen LogP contribution in [-0.2, 0) is 75.4 Å². The molecule has 0 fully saturated rings. The Hall–Kier alpha value is -2.87. The van der Waals surface area contributed by atoms with Gasteiger partial charge in [-0.05, 0) is 148 Å². The third kappa shape index (κ3) is 27.2. The Morgan fingerprint density at radius 1 is 0.650 bits per heavy atom. The number of alkyl halides is 7. The van der Waals surface area contributed by atoms with Crippen molar-refractivity contribution in [2.75, 3.05) is 28.6 Å². The molecule has 80 heavy (non-hydrogen) atoms. The number of aryl methyl sites for hydroxylation is 2. The molecule has 0 saturated heterocycles. The van der Waals surface area contributed by atoms with Crippen LogP contribution in [-0.4, -0.2) is 77.9 Å². The van der Waals surface area contributed by atoms with Crippen molar-refractivity contribution in [2.24, 2.45) is 16.2 Å². The van der Waals surface area contributed by atoms with Crippen LogP contribution in [0.25, 0.3) is 0 Å². The molecule has 0 aliphatic heterocycles. The summed E-state index contributed by atoms with van der Waals surface area (Å²) in [5.41, 5.74) is -5.07. The van der Waals surface area contributed by atoms with Crippen molar-refractivity contribution in [3.05, 3.63) is 118 Å². The zero-order valence-corrected chi connectivity index (χ0v) is 60.1. The van der Waals surface area contributed by atoms with Crippen molar-refractivity contribution >= 4 is 79.3 Å². The summed E-state index contributed by atoms with van der Waals surface area (Å²) in [4.78, 5) is 68.8. The Balaban J connectivity index is -0.000000612. The summed E-state index contributed by atoms with van der Waals surface area (Å²) >= 11 is 5.16. The van der Waals surface area contributed by atoms with Gasteiger partial charge in [0.05, 0.1) is 59.7 Å². The monoisotopic (exact) mass is 1440 g/mol. The van der Waals surface area contributed by atoms with Crippen molar-refractivity contribution in [2.45, 2.75) is 106 Å². The third-order valence-corrected chi connectivity index (χ3v) is 12.6. The Morgan fingerprint density at radius 3 is 1.51 bits per heavy atom. The first-order valence-electron chi connectivity index (χ1n) is 21.9. The van der Waals surface area contributed by atoms with Crippen molar-refractivity contribution in [1.29, 1.82) is 0 Å². The zero-order valence-electron chi connectivity index (χ0n) is 46.2. The van der Waals surface area contributed by atoms with Crippen LogP contribution in [0.3, 0.4) is 0 Å². The first-order chi connectivity index (χ1) is 35.1. The summed E-state index contributed by atoms with van der Waals surface area (Å²) in [6, 6.07) is 14.2. The van der Waals surface area contributed by atoms with Crippen molar-refractivity contribution < 1.29 is 245 Å². The van der Waals surface area contributed by atoms with Crippen LogP contribution in [0.5, 0.6) is 0 Å². The number of aromatic carboxylic acids is 1. The SMILES string of the molecule is C.CC(C)(C)C(=O)OCCl.Cc1ccc(C(F)(F)F)cc1N(COC(=O)C(C)(C)C)S(=O)(=O)c1cccc(C(=O)OCOC(=O)C(C)(C)C)c1.Cc1ccc(C(F)(F)F)cc1NS(=O)(=O)c1cccc(C(=O)O)c1.O=CO[O-].[Cs+].[Cs+].[H-]. The van der Waals surface area contributed by atoms with Gasteiger partial charge in [0.2, 0.25) is 6.79 Å². The number of esters is 4. The number of carboxylic acid groups (broad SMARTS) is 1. The predicted molar refractivity (Wildman–Crippen MR) is 270 cm³/mol. The summed E-state index contributed by atoms with van der Waals surface area (Å²) in [6.07, 6.45) is -9.39. The van der Waals surface area contributed by atoms with Crippen LogP contribution in [0.1, 0.15) is 114 Å². The molecule has 0 amide bonds. The second-order valence-corrected chi connectivity index (χ2v) is 22.6. The minimum Gasteiger partial charge on any atom is -1.00 e. The molecule has 2 N–H and O–H groups in total. The van der Waals surface area contributed by atoms with Crippen LogP contribution in [0.2, 0.25) is 0 Å². The number of nitrogens with one attached hydrogen (secondary N) is 1. The quantitative estimate of drug-likeness (QED) is 0.0264. The van der Waals surface area contributed by atoms with E-state index >= 15 is 0 Å². The molecule has 0 aliphatic carbocycles. The van der Waals surface area contributed by atoms with Crippen LogP contribution in [0.15, 0.2) is 94.7 Å². The Kier molecular flexibility index (Phi) is 35.4. The van der Waals surface area contributed by atoms with E-state index in [0.29, 0.717) is 22.0 Å². The number of carbonyl (C=O) groups is 6. The second kappa shape index (κ2) is 34.8.